The molecule has 0 aliphatic heterocycles. The number of halogens is 3. The van der Waals surface area contributed by atoms with Crippen LogP contribution in [0.4, 0.5) is 13.2 Å². The number of thiazole rings is 1. The highest BCUT2D eigenvalue weighted by molar-refractivity contribution is 7.13. The summed E-state index contributed by atoms with van der Waals surface area (Å²) < 4.78 is 39.1. The Hall–Kier alpha value is -1.43. The molecule has 0 saturated heterocycles. The molecule has 0 spiro atoms. The Morgan fingerprint density at radius 2 is 1.84 bits per heavy atom. The molecule has 19 heavy (non-hydrogen) atoms. The predicted octanol–water partition coefficient (Wildman–Crippen LogP) is 4.35. The van der Waals surface area contributed by atoms with Gasteiger partial charge < -0.3 is 0 Å². The number of hydrogen-bond donors (Lipinski definition) is 0. The number of rotatable bonds is 2. The zero-order valence-corrected chi connectivity index (χ0v) is 11.6. The predicted molar refractivity (Wildman–Crippen MR) is 69.2 cm³/mol. The molecule has 0 aromatic carbocycles. The largest absolute Gasteiger partial charge is 0.399 e. The van der Waals surface area contributed by atoms with E-state index in [-0.39, 0.29) is 5.69 Å². The minimum atomic E-state index is -4.33. The van der Waals surface area contributed by atoms with E-state index in [4.69, 9.17) is 0 Å². The van der Waals surface area contributed by atoms with E-state index in [2.05, 4.69) is 9.97 Å². The Labute approximate surface area is 113 Å². The van der Waals surface area contributed by atoms with Gasteiger partial charge in [0.15, 0.2) is 0 Å². The van der Waals surface area contributed by atoms with Crippen LogP contribution in [-0.4, -0.2) is 16.1 Å². The molecule has 0 aliphatic carbocycles. The van der Waals surface area contributed by atoms with Gasteiger partial charge in [-0.05, 0) is 38.5 Å². The van der Waals surface area contributed by atoms with E-state index in [0.29, 0.717) is 0 Å². The molecule has 0 atom stereocenters. The molecule has 0 bridgehead atoms. The normalized spacial score (nSPS) is 12.7. The van der Waals surface area contributed by atoms with E-state index >= 15 is 0 Å². The first-order chi connectivity index (χ1) is 8.73. The lowest BCUT2D eigenvalue weighted by molar-refractivity contribution is -0.181. The van der Waals surface area contributed by atoms with E-state index in [1.807, 2.05) is 6.92 Å². The van der Waals surface area contributed by atoms with Gasteiger partial charge in [0.05, 0.1) is 21.8 Å². The summed E-state index contributed by atoms with van der Waals surface area (Å²) in [4.78, 5) is 8.87. The number of alkyl halides is 3. The number of nitrogens with zero attached hydrogens (tertiary/aromatic N) is 2. The highest BCUT2D eigenvalue weighted by Crippen LogP contribution is 2.40. The number of aryl methyl sites for hydroxylation is 1. The van der Waals surface area contributed by atoms with Crippen LogP contribution in [0.5, 0.6) is 0 Å². The fraction of sp³-hybridized carbons (Fsp3) is 0.385. The van der Waals surface area contributed by atoms with E-state index in [9.17, 15) is 13.2 Å². The third kappa shape index (κ3) is 2.49. The van der Waals surface area contributed by atoms with Crippen LogP contribution >= 0.6 is 11.3 Å². The van der Waals surface area contributed by atoms with Crippen molar-refractivity contribution < 1.29 is 13.2 Å². The van der Waals surface area contributed by atoms with Crippen LogP contribution in [0.15, 0.2) is 23.8 Å². The van der Waals surface area contributed by atoms with Gasteiger partial charge in [-0.3, -0.25) is 4.98 Å². The van der Waals surface area contributed by atoms with Crippen LogP contribution in [0.1, 0.15) is 25.2 Å². The van der Waals surface area contributed by atoms with Crippen LogP contribution < -0.4 is 0 Å². The first-order valence-corrected chi connectivity index (χ1v) is 6.55. The summed E-state index contributed by atoms with van der Waals surface area (Å²) in [5, 5.41) is 0. The molecular formula is C13H13F3N2S. The highest BCUT2D eigenvalue weighted by Gasteiger charge is 2.49. The molecule has 2 heterocycles. The summed E-state index contributed by atoms with van der Waals surface area (Å²) in [6.45, 7) is 4.11. The average molecular weight is 286 g/mol. The van der Waals surface area contributed by atoms with Gasteiger partial charge >= 0.3 is 6.18 Å². The Morgan fingerprint density at radius 1 is 1.16 bits per heavy atom. The van der Waals surface area contributed by atoms with E-state index in [1.165, 1.54) is 23.6 Å². The van der Waals surface area contributed by atoms with Crippen molar-refractivity contribution >= 4 is 11.3 Å². The number of pyridine rings is 1. The molecule has 0 unspecified atom stereocenters. The van der Waals surface area contributed by atoms with Gasteiger partial charge in [0.25, 0.3) is 0 Å². The van der Waals surface area contributed by atoms with E-state index in [1.54, 1.807) is 11.6 Å². The van der Waals surface area contributed by atoms with Crippen molar-refractivity contribution in [2.75, 3.05) is 0 Å². The smallest absolute Gasteiger partial charge is 0.260 e. The Balaban J connectivity index is 2.49. The fourth-order valence-corrected chi connectivity index (χ4v) is 2.44. The van der Waals surface area contributed by atoms with Crippen LogP contribution in [0.25, 0.3) is 10.4 Å². The van der Waals surface area contributed by atoms with Crippen molar-refractivity contribution in [3.63, 3.8) is 0 Å². The average Bonchev–Trinajstić information content (AvgIpc) is 2.74. The second-order valence-corrected chi connectivity index (χ2v) is 5.67. The van der Waals surface area contributed by atoms with Gasteiger partial charge in [0.2, 0.25) is 0 Å². The van der Waals surface area contributed by atoms with Crippen LogP contribution in [0.3, 0.4) is 0 Å². The molecule has 2 aromatic rings. The van der Waals surface area contributed by atoms with Crippen molar-refractivity contribution in [1.29, 1.82) is 0 Å². The van der Waals surface area contributed by atoms with Crippen molar-refractivity contribution in [1.82, 2.24) is 9.97 Å². The maximum absolute atomic E-state index is 13.0. The summed E-state index contributed by atoms with van der Waals surface area (Å²) in [5.41, 5.74) is 1.26. The maximum atomic E-state index is 13.0. The van der Waals surface area contributed by atoms with Gasteiger partial charge in [-0.2, -0.15) is 13.2 Å². The quantitative estimate of drug-likeness (QED) is 0.820. The van der Waals surface area contributed by atoms with Crippen molar-refractivity contribution in [3.8, 4) is 10.4 Å². The Kier molecular flexibility index (Phi) is 3.38. The summed E-state index contributed by atoms with van der Waals surface area (Å²) in [6.07, 6.45) is -2.92. The lowest BCUT2D eigenvalue weighted by Crippen LogP contribution is -2.37. The topological polar surface area (TPSA) is 25.8 Å². The van der Waals surface area contributed by atoms with Crippen LogP contribution in [0.2, 0.25) is 0 Å². The Morgan fingerprint density at radius 3 is 2.37 bits per heavy atom. The molecule has 0 amide bonds. The van der Waals surface area contributed by atoms with Gasteiger partial charge in [-0.15, -0.1) is 11.3 Å². The molecule has 102 valence electrons. The molecule has 0 aliphatic rings. The zero-order chi connectivity index (χ0) is 14.3. The summed E-state index contributed by atoms with van der Waals surface area (Å²) in [6, 6.07) is 3.20. The van der Waals surface area contributed by atoms with E-state index in [0.717, 1.165) is 30.0 Å². The molecule has 0 saturated carbocycles. The standard InChI is InChI=1S/C13H13F3N2S/c1-8-11(19-7-18-8)9-4-5-17-10(6-9)12(2,3)13(14,15)16/h4-7H,1-3H3. The fourth-order valence-electron chi connectivity index (χ4n) is 1.64. The lowest BCUT2D eigenvalue weighted by atomic mass is 9.87. The maximum Gasteiger partial charge on any atom is 0.399 e. The van der Waals surface area contributed by atoms with Crippen LogP contribution in [-0.2, 0) is 5.41 Å². The van der Waals surface area contributed by atoms with Gasteiger partial charge in [-0.1, -0.05) is 0 Å². The minimum Gasteiger partial charge on any atom is -0.260 e. The molecule has 0 radical (unpaired) electrons. The molecule has 6 heteroatoms. The minimum absolute atomic E-state index is 0.0188. The first kappa shape index (κ1) is 14.0. The lowest BCUT2D eigenvalue weighted by Gasteiger charge is -2.27. The van der Waals surface area contributed by atoms with Crippen molar-refractivity contribution in [3.05, 3.63) is 35.2 Å². The van der Waals surface area contributed by atoms with E-state index < -0.39 is 11.6 Å². The molecule has 0 N–H and O–H groups in total. The van der Waals surface area contributed by atoms with Gasteiger partial charge in [0, 0.05) is 6.20 Å². The summed E-state index contributed by atoms with van der Waals surface area (Å²) in [7, 11) is 0. The summed E-state index contributed by atoms with van der Waals surface area (Å²) in [5.74, 6) is 0. The molecule has 0 fully saturated rings. The summed E-state index contributed by atoms with van der Waals surface area (Å²) >= 11 is 1.41. The monoisotopic (exact) mass is 286 g/mol. The first-order valence-electron chi connectivity index (χ1n) is 5.67. The number of hydrogen-bond acceptors (Lipinski definition) is 3. The van der Waals surface area contributed by atoms with Gasteiger partial charge in [-0.25, -0.2) is 4.98 Å². The van der Waals surface area contributed by atoms with Gasteiger partial charge in [0.1, 0.15) is 5.41 Å². The second-order valence-electron chi connectivity index (χ2n) is 4.82. The SMILES string of the molecule is Cc1ncsc1-c1ccnc(C(C)(C)C(F)(F)F)c1. The highest BCUT2D eigenvalue weighted by atomic mass is 32.1. The van der Waals surface area contributed by atoms with Crippen molar-refractivity contribution in [2.24, 2.45) is 0 Å². The molecule has 2 rings (SSSR count). The third-order valence-electron chi connectivity index (χ3n) is 3.12. The number of aromatic nitrogens is 2. The molecule has 2 aromatic heterocycles. The second kappa shape index (κ2) is 4.59. The Bertz CT molecular complexity index is 588. The zero-order valence-electron chi connectivity index (χ0n) is 10.7. The molecule has 2 nitrogen and oxygen atoms in total. The third-order valence-corrected chi connectivity index (χ3v) is 4.09. The van der Waals surface area contributed by atoms with Crippen molar-refractivity contribution in [2.45, 2.75) is 32.4 Å². The van der Waals surface area contributed by atoms with Crippen LogP contribution in [0, 0.1) is 6.92 Å². The molecular weight excluding hydrogens is 273 g/mol.